The summed E-state index contributed by atoms with van der Waals surface area (Å²) < 4.78 is 42.3. The lowest BCUT2D eigenvalue weighted by molar-refractivity contribution is -0.165. The number of halogens is 3. The van der Waals surface area contributed by atoms with Crippen molar-refractivity contribution in [3.05, 3.63) is 90.6 Å². The van der Waals surface area contributed by atoms with E-state index in [4.69, 9.17) is 4.74 Å². The second-order valence-corrected chi connectivity index (χ2v) is 8.31. The van der Waals surface area contributed by atoms with Gasteiger partial charge in [-0.1, -0.05) is 48.2 Å². The average molecular weight is 498 g/mol. The van der Waals surface area contributed by atoms with Crippen molar-refractivity contribution in [1.29, 1.82) is 0 Å². The van der Waals surface area contributed by atoms with Crippen LogP contribution in [-0.2, 0) is 14.3 Å². The number of hydrogen-bond donors (Lipinski definition) is 1. The molecule has 1 heterocycles. The monoisotopic (exact) mass is 498 g/mol. The van der Waals surface area contributed by atoms with Gasteiger partial charge in [0.05, 0.1) is 22.6 Å². The first-order valence-electron chi connectivity index (χ1n) is 10.2. The minimum absolute atomic E-state index is 0.0144. The summed E-state index contributed by atoms with van der Waals surface area (Å²) in [6, 6.07) is 20.6. The number of esters is 1. The van der Waals surface area contributed by atoms with Gasteiger partial charge in [-0.05, 0) is 36.4 Å². The molecule has 3 aromatic carbocycles. The number of benzene rings is 3. The Morgan fingerprint density at radius 1 is 0.886 bits per heavy atom. The number of nitrogens with zero attached hydrogens (tertiary/aromatic N) is 1. The van der Waals surface area contributed by atoms with Gasteiger partial charge in [-0.15, -0.1) is 0 Å². The molecule has 35 heavy (non-hydrogen) atoms. The lowest BCUT2D eigenvalue weighted by Crippen LogP contribution is -2.32. The first-order chi connectivity index (χ1) is 16.8. The number of ether oxygens (including phenoxy) is 1. The maximum absolute atomic E-state index is 13.2. The Morgan fingerprint density at radius 3 is 2.09 bits per heavy atom. The van der Waals surface area contributed by atoms with Crippen molar-refractivity contribution >= 4 is 46.5 Å². The molecule has 0 radical (unpaired) electrons. The zero-order valence-corrected chi connectivity index (χ0v) is 18.7. The predicted molar refractivity (Wildman–Crippen MR) is 125 cm³/mol. The number of ketones is 1. The van der Waals surface area contributed by atoms with E-state index in [1.165, 1.54) is 34.9 Å². The molecule has 4 rings (SSSR count). The summed E-state index contributed by atoms with van der Waals surface area (Å²) in [5.74, 6) is -3.37. The van der Waals surface area contributed by atoms with Crippen molar-refractivity contribution in [3.8, 4) is 0 Å². The molecule has 10 heteroatoms. The van der Waals surface area contributed by atoms with Gasteiger partial charge in [0.2, 0.25) is 0 Å². The summed E-state index contributed by atoms with van der Waals surface area (Å²) in [6.45, 7) is -0.567. The number of carbonyl (C=O) groups is 3. The van der Waals surface area contributed by atoms with E-state index < -0.39 is 30.4 Å². The van der Waals surface area contributed by atoms with Crippen LogP contribution < -0.4 is 10.2 Å². The van der Waals surface area contributed by atoms with Crippen molar-refractivity contribution in [1.82, 2.24) is 0 Å². The average Bonchev–Trinajstić information content (AvgIpc) is 2.85. The van der Waals surface area contributed by atoms with Gasteiger partial charge in [0, 0.05) is 22.1 Å². The molecule has 0 spiro atoms. The molecular formula is C25H17F3N2O4S. The van der Waals surface area contributed by atoms with E-state index in [0.29, 0.717) is 17.5 Å². The normalized spacial score (nSPS) is 12.6. The third-order valence-electron chi connectivity index (χ3n) is 4.91. The summed E-state index contributed by atoms with van der Waals surface area (Å²) in [5, 5.41) is 2.47. The third kappa shape index (κ3) is 5.38. The van der Waals surface area contributed by atoms with Crippen LogP contribution in [0.1, 0.15) is 10.4 Å². The van der Waals surface area contributed by atoms with Crippen molar-refractivity contribution in [2.24, 2.45) is 0 Å². The van der Waals surface area contributed by atoms with Crippen molar-refractivity contribution in [2.45, 2.75) is 16.0 Å². The molecule has 1 aliphatic rings. The van der Waals surface area contributed by atoms with Crippen LogP contribution in [-0.4, -0.2) is 30.4 Å². The largest absolute Gasteiger partial charge is 0.454 e. The van der Waals surface area contributed by atoms with E-state index >= 15 is 0 Å². The molecule has 0 aliphatic carbocycles. The molecule has 1 amide bonds. The number of hydrogen-bond acceptors (Lipinski definition) is 6. The van der Waals surface area contributed by atoms with Crippen LogP contribution in [0.4, 0.5) is 30.2 Å². The summed E-state index contributed by atoms with van der Waals surface area (Å²) in [6.07, 6.45) is -3.90. The fourth-order valence-corrected chi connectivity index (χ4v) is 4.39. The standard InChI is InChI=1S/C25H17F3N2O4S/c26-25(27,28)22(31)13-14-29-17-8-2-1-7-16(17)24(33)34-15-23(32)30-18-9-3-5-11-20(18)35-21-12-6-4-10-19(21)30/h1-14,29H,15H2/b14-13+. The van der Waals surface area contributed by atoms with Gasteiger partial charge < -0.3 is 10.1 Å². The molecule has 0 bridgehead atoms. The van der Waals surface area contributed by atoms with Crippen molar-refractivity contribution < 1.29 is 32.3 Å². The molecule has 1 aliphatic heterocycles. The Hall–Kier alpha value is -4.05. The van der Waals surface area contributed by atoms with E-state index in [1.54, 1.807) is 30.3 Å². The van der Waals surface area contributed by atoms with E-state index in [0.717, 1.165) is 16.0 Å². The highest BCUT2D eigenvalue weighted by Crippen LogP contribution is 2.47. The third-order valence-corrected chi connectivity index (χ3v) is 6.04. The molecule has 0 saturated heterocycles. The maximum atomic E-state index is 13.2. The number of amides is 1. The summed E-state index contributed by atoms with van der Waals surface area (Å²) in [5.41, 5.74) is 1.43. The zero-order valence-electron chi connectivity index (χ0n) is 17.9. The molecule has 3 aromatic rings. The fraction of sp³-hybridized carbons (Fsp3) is 0.0800. The Kier molecular flexibility index (Phi) is 6.92. The Bertz CT molecular complexity index is 1280. The Morgan fingerprint density at radius 2 is 1.46 bits per heavy atom. The summed E-state index contributed by atoms with van der Waals surface area (Å²) in [7, 11) is 0. The number of anilines is 3. The number of fused-ring (bicyclic) bond motifs is 2. The Balaban J connectivity index is 1.48. The van der Waals surface area contributed by atoms with E-state index in [-0.39, 0.29) is 11.3 Å². The highest BCUT2D eigenvalue weighted by molar-refractivity contribution is 7.99. The van der Waals surface area contributed by atoms with Gasteiger partial charge in [-0.3, -0.25) is 14.5 Å². The van der Waals surface area contributed by atoms with Crippen LogP contribution in [0.3, 0.4) is 0 Å². The van der Waals surface area contributed by atoms with Crippen LogP contribution >= 0.6 is 11.8 Å². The van der Waals surface area contributed by atoms with Gasteiger partial charge in [0.1, 0.15) is 0 Å². The van der Waals surface area contributed by atoms with Gasteiger partial charge in [0.25, 0.3) is 11.7 Å². The van der Waals surface area contributed by atoms with Crippen LogP contribution in [0, 0.1) is 0 Å². The minimum Gasteiger partial charge on any atom is -0.452 e. The summed E-state index contributed by atoms with van der Waals surface area (Å²) >= 11 is 1.53. The first kappa shape index (κ1) is 24.1. The lowest BCUT2D eigenvalue weighted by Gasteiger charge is -2.30. The molecule has 1 N–H and O–H groups in total. The molecule has 0 unspecified atom stereocenters. The minimum atomic E-state index is -5.00. The quantitative estimate of drug-likeness (QED) is 0.346. The summed E-state index contributed by atoms with van der Waals surface area (Å²) in [4.78, 5) is 40.1. The molecule has 0 aromatic heterocycles. The van der Waals surface area contributed by atoms with Gasteiger partial charge in [0.15, 0.2) is 6.61 Å². The predicted octanol–water partition coefficient (Wildman–Crippen LogP) is 5.73. The lowest BCUT2D eigenvalue weighted by atomic mass is 10.2. The molecule has 6 nitrogen and oxygen atoms in total. The SMILES string of the molecule is O=C(OCC(=O)N1c2ccccc2Sc2ccccc21)c1ccccc1N/C=C/C(=O)C(F)(F)F. The van der Waals surface area contributed by atoms with Crippen LogP contribution in [0.15, 0.2) is 94.9 Å². The topological polar surface area (TPSA) is 75.7 Å². The first-order valence-corrected chi connectivity index (χ1v) is 11.1. The van der Waals surface area contributed by atoms with Crippen molar-refractivity contribution in [3.63, 3.8) is 0 Å². The molecule has 0 saturated carbocycles. The van der Waals surface area contributed by atoms with Crippen LogP contribution in [0.5, 0.6) is 0 Å². The highest BCUT2D eigenvalue weighted by atomic mass is 32.2. The second kappa shape index (κ2) is 10.1. The van der Waals surface area contributed by atoms with Crippen molar-refractivity contribution in [2.75, 3.05) is 16.8 Å². The number of carbonyl (C=O) groups excluding carboxylic acids is 3. The smallest absolute Gasteiger partial charge is 0.452 e. The van der Waals surface area contributed by atoms with Gasteiger partial charge >= 0.3 is 12.1 Å². The number of nitrogens with one attached hydrogen (secondary N) is 1. The fourth-order valence-electron chi connectivity index (χ4n) is 3.33. The maximum Gasteiger partial charge on any atom is 0.454 e. The number of allylic oxidation sites excluding steroid dienone is 1. The number of rotatable bonds is 6. The molecular weight excluding hydrogens is 481 g/mol. The second-order valence-electron chi connectivity index (χ2n) is 7.23. The van der Waals surface area contributed by atoms with Gasteiger partial charge in [-0.2, -0.15) is 13.2 Å². The zero-order chi connectivity index (χ0) is 25.0. The van der Waals surface area contributed by atoms with Crippen LogP contribution in [0.25, 0.3) is 0 Å². The Labute approximate surface area is 202 Å². The molecule has 0 fully saturated rings. The van der Waals surface area contributed by atoms with Crippen LogP contribution in [0.2, 0.25) is 0 Å². The van der Waals surface area contributed by atoms with E-state index in [1.807, 2.05) is 24.3 Å². The molecule has 0 atom stereocenters. The van der Waals surface area contributed by atoms with E-state index in [2.05, 4.69) is 5.32 Å². The number of alkyl halides is 3. The number of para-hydroxylation sites is 3. The molecule has 178 valence electrons. The van der Waals surface area contributed by atoms with E-state index in [9.17, 15) is 27.6 Å². The highest BCUT2D eigenvalue weighted by Gasteiger charge is 2.36. The van der Waals surface area contributed by atoms with Gasteiger partial charge in [-0.25, -0.2) is 4.79 Å².